The fourth-order valence-electron chi connectivity index (χ4n) is 0.838. The number of ether oxygens (including phenoxy) is 1. The van der Waals surface area contributed by atoms with Crippen molar-refractivity contribution in [2.45, 2.75) is 11.7 Å². The monoisotopic (exact) mass is 271 g/mol. The van der Waals surface area contributed by atoms with E-state index in [-0.39, 0.29) is 10.9 Å². The number of aromatic amines is 1. The average Bonchev–Trinajstić information content (AvgIpc) is 2.06. The van der Waals surface area contributed by atoms with E-state index >= 15 is 0 Å². The van der Waals surface area contributed by atoms with Crippen molar-refractivity contribution < 1.29 is 17.9 Å². The zero-order valence-electron chi connectivity index (χ0n) is 6.69. The van der Waals surface area contributed by atoms with Gasteiger partial charge < -0.3 is 9.72 Å². The molecule has 0 unspecified atom stereocenters. The number of rotatable bonds is 2. The number of hydrogen-bond donors (Lipinski definition) is 1. The van der Waals surface area contributed by atoms with Crippen LogP contribution in [0.15, 0.2) is 17.1 Å². The van der Waals surface area contributed by atoms with Gasteiger partial charge in [-0.15, -0.1) is 13.2 Å². The second-order valence-electron chi connectivity index (χ2n) is 2.34. The molecule has 0 radical (unpaired) electrons. The lowest BCUT2D eigenvalue weighted by Gasteiger charge is -2.10. The van der Waals surface area contributed by atoms with Crippen LogP contribution in [-0.2, 0) is 5.33 Å². The van der Waals surface area contributed by atoms with Crippen molar-refractivity contribution in [3.8, 4) is 5.75 Å². The molecule has 0 atom stereocenters. The Kier molecular flexibility index (Phi) is 3.20. The predicted molar refractivity (Wildman–Crippen MR) is 46.4 cm³/mol. The van der Waals surface area contributed by atoms with Crippen LogP contribution in [0.25, 0.3) is 0 Å². The summed E-state index contributed by atoms with van der Waals surface area (Å²) in [5.41, 5.74) is -0.759. The first kappa shape index (κ1) is 11.1. The van der Waals surface area contributed by atoms with Crippen molar-refractivity contribution in [1.29, 1.82) is 0 Å². The summed E-state index contributed by atoms with van der Waals surface area (Å²) >= 11 is 2.95. The van der Waals surface area contributed by atoms with Crippen molar-refractivity contribution in [2.24, 2.45) is 0 Å². The van der Waals surface area contributed by atoms with Gasteiger partial charge in [-0.1, -0.05) is 15.9 Å². The van der Waals surface area contributed by atoms with E-state index in [4.69, 9.17) is 0 Å². The molecule has 14 heavy (non-hydrogen) atoms. The highest BCUT2D eigenvalue weighted by Gasteiger charge is 2.33. The lowest BCUT2D eigenvalue weighted by Crippen LogP contribution is -2.23. The van der Waals surface area contributed by atoms with Gasteiger partial charge in [0.15, 0.2) is 5.75 Å². The molecule has 1 aromatic rings. The average molecular weight is 272 g/mol. The van der Waals surface area contributed by atoms with Crippen LogP contribution >= 0.6 is 15.9 Å². The molecule has 0 spiro atoms. The number of hydrogen-bond acceptors (Lipinski definition) is 2. The highest BCUT2D eigenvalue weighted by Crippen LogP contribution is 2.23. The highest BCUT2D eigenvalue weighted by atomic mass is 79.9. The first-order valence-corrected chi connectivity index (χ1v) is 4.58. The lowest BCUT2D eigenvalue weighted by atomic mass is 10.3. The first-order chi connectivity index (χ1) is 6.44. The summed E-state index contributed by atoms with van der Waals surface area (Å²) < 4.78 is 39.1. The zero-order valence-corrected chi connectivity index (χ0v) is 8.28. The Bertz CT molecular complexity index is 374. The summed E-state index contributed by atoms with van der Waals surface area (Å²) in [5, 5.41) is 0.113. The summed E-state index contributed by atoms with van der Waals surface area (Å²) in [4.78, 5) is 13.1. The Morgan fingerprint density at radius 3 is 2.64 bits per heavy atom. The second-order valence-corrected chi connectivity index (χ2v) is 2.90. The largest absolute Gasteiger partial charge is 0.573 e. The molecule has 3 nitrogen and oxygen atoms in total. The van der Waals surface area contributed by atoms with Crippen LogP contribution in [-0.4, -0.2) is 11.3 Å². The number of nitrogens with one attached hydrogen (secondary N) is 1. The number of halogens is 4. The molecule has 1 rings (SSSR count). The van der Waals surface area contributed by atoms with E-state index in [0.29, 0.717) is 0 Å². The summed E-state index contributed by atoms with van der Waals surface area (Å²) in [6.45, 7) is 0. The number of aromatic nitrogens is 1. The Morgan fingerprint density at radius 2 is 2.14 bits per heavy atom. The fourth-order valence-corrected chi connectivity index (χ4v) is 1.28. The molecule has 1 N–H and O–H groups in total. The first-order valence-electron chi connectivity index (χ1n) is 3.46. The van der Waals surface area contributed by atoms with Gasteiger partial charge in [0.1, 0.15) is 0 Å². The summed E-state index contributed by atoms with van der Waals surface area (Å²) in [6, 6.07) is 1.33. The quantitative estimate of drug-likeness (QED) is 0.838. The van der Waals surface area contributed by atoms with Crippen LogP contribution in [0.3, 0.4) is 0 Å². The summed E-state index contributed by atoms with van der Waals surface area (Å²) in [5.74, 6) is -0.725. The van der Waals surface area contributed by atoms with E-state index in [1.165, 1.54) is 12.3 Å². The van der Waals surface area contributed by atoms with E-state index in [2.05, 4.69) is 25.7 Å². The lowest BCUT2D eigenvalue weighted by molar-refractivity contribution is -0.275. The maximum Gasteiger partial charge on any atom is 0.573 e. The van der Waals surface area contributed by atoms with Crippen LogP contribution < -0.4 is 10.3 Å². The van der Waals surface area contributed by atoms with Crippen molar-refractivity contribution in [1.82, 2.24) is 4.98 Å². The highest BCUT2D eigenvalue weighted by molar-refractivity contribution is 9.08. The van der Waals surface area contributed by atoms with Gasteiger partial charge in [0.05, 0.1) is 0 Å². The van der Waals surface area contributed by atoms with Crippen molar-refractivity contribution in [3.63, 3.8) is 0 Å². The predicted octanol–water partition coefficient (Wildman–Crippen LogP) is 2.17. The SMILES string of the molecule is O=c1[nH]ccc(CBr)c1OC(F)(F)F. The summed E-state index contributed by atoms with van der Waals surface area (Å²) in [6.07, 6.45) is -3.60. The van der Waals surface area contributed by atoms with E-state index in [1.54, 1.807) is 0 Å². The molecular weight excluding hydrogens is 267 g/mol. The topological polar surface area (TPSA) is 42.1 Å². The normalized spacial score (nSPS) is 11.4. The smallest absolute Gasteiger partial charge is 0.400 e. The molecule has 1 aromatic heterocycles. The maximum absolute atomic E-state index is 11.8. The minimum absolute atomic E-state index is 0.113. The minimum atomic E-state index is -4.86. The Morgan fingerprint density at radius 1 is 1.50 bits per heavy atom. The van der Waals surface area contributed by atoms with E-state index < -0.39 is 17.7 Å². The van der Waals surface area contributed by atoms with Crippen LogP contribution in [0.4, 0.5) is 13.2 Å². The Balaban J connectivity index is 3.12. The van der Waals surface area contributed by atoms with Gasteiger partial charge in [0.2, 0.25) is 0 Å². The number of pyridine rings is 1. The second kappa shape index (κ2) is 4.04. The molecular formula is C7H5BrF3NO2. The molecule has 7 heteroatoms. The maximum atomic E-state index is 11.8. The van der Waals surface area contributed by atoms with Crippen LogP contribution in [0.1, 0.15) is 5.56 Å². The zero-order chi connectivity index (χ0) is 10.8. The molecule has 0 fully saturated rings. The minimum Gasteiger partial charge on any atom is -0.400 e. The molecule has 0 amide bonds. The van der Waals surface area contributed by atoms with Gasteiger partial charge in [0.25, 0.3) is 5.56 Å². The molecule has 1 heterocycles. The third kappa shape index (κ3) is 2.76. The van der Waals surface area contributed by atoms with E-state index in [1.807, 2.05) is 0 Å². The van der Waals surface area contributed by atoms with Crippen molar-refractivity contribution in [2.75, 3.05) is 0 Å². The summed E-state index contributed by atoms with van der Waals surface area (Å²) in [7, 11) is 0. The van der Waals surface area contributed by atoms with Gasteiger partial charge in [0, 0.05) is 17.1 Å². The molecule has 78 valence electrons. The Labute approximate surface area is 85.0 Å². The van der Waals surface area contributed by atoms with Gasteiger partial charge in [-0.25, -0.2) is 0 Å². The Hall–Kier alpha value is -0.980. The molecule has 0 aliphatic carbocycles. The van der Waals surface area contributed by atoms with Gasteiger partial charge in [-0.2, -0.15) is 0 Å². The molecule has 0 aliphatic rings. The third-order valence-electron chi connectivity index (χ3n) is 1.36. The van der Waals surface area contributed by atoms with Crippen LogP contribution in [0, 0.1) is 0 Å². The van der Waals surface area contributed by atoms with E-state index in [0.717, 1.165) is 0 Å². The standard InChI is InChI=1S/C7H5BrF3NO2/c8-3-4-1-2-12-6(13)5(4)14-7(9,10)11/h1-2H,3H2,(H,12,13). The van der Waals surface area contributed by atoms with Gasteiger partial charge in [-0.3, -0.25) is 4.79 Å². The van der Waals surface area contributed by atoms with Gasteiger partial charge in [-0.05, 0) is 6.07 Å². The van der Waals surface area contributed by atoms with Crippen molar-refractivity contribution in [3.05, 3.63) is 28.2 Å². The number of H-pyrrole nitrogens is 1. The van der Waals surface area contributed by atoms with Crippen LogP contribution in [0.5, 0.6) is 5.75 Å². The third-order valence-corrected chi connectivity index (χ3v) is 1.96. The van der Waals surface area contributed by atoms with E-state index in [9.17, 15) is 18.0 Å². The molecule has 0 saturated carbocycles. The van der Waals surface area contributed by atoms with Crippen LogP contribution in [0.2, 0.25) is 0 Å². The van der Waals surface area contributed by atoms with Gasteiger partial charge >= 0.3 is 6.36 Å². The number of alkyl halides is 4. The molecule has 0 saturated heterocycles. The molecule has 0 aromatic carbocycles. The molecule has 0 aliphatic heterocycles. The molecule has 0 bridgehead atoms. The van der Waals surface area contributed by atoms with Crippen molar-refractivity contribution >= 4 is 15.9 Å². The fraction of sp³-hybridized carbons (Fsp3) is 0.286.